The van der Waals surface area contributed by atoms with Crippen LogP contribution < -0.4 is 4.74 Å². The van der Waals surface area contributed by atoms with Gasteiger partial charge in [-0.05, 0) is 75.9 Å². The van der Waals surface area contributed by atoms with Crippen molar-refractivity contribution in [3.8, 4) is 23.0 Å². The molecule has 0 radical (unpaired) electrons. The fourth-order valence-electron chi connectivity index (χ4n) is 9.86. The molecule has 2 aliphatic heterocycles. The summed E-state index contributed by atoms with van der Waals surface area (Å²) >= 11 is 0. The molecular formula is C48H50O22. The second kappa shape index (κ2) is 17.9. The first kappa shape index (κ1) is 50.3. The number of aryl methyl sites for hydroxylation is 2. The number of benzene rings is 4. The van der Waals surface area contributed by atoms with Crippen molar-refractivity contribution in [3.63, 3.8) is 0 Å². The number of carboxylic acid groups (broad SMARTS) is 2. The molecule has 22 nitrogen and oxygen atoms in total. The van der Waals surface area contributed by atoms with E-state index in [2.05, 4.69) is 0 Å². The predicted octanol–water partition coefficient (Wildman–Crippen LogP) is 0.701. The smallest absolute Gasteiger partial charge is 0.339 e. The lowest BCUT2D eigenvalue weighted by atomic mass is 9.71. The Morgan fingerprint density at radius 1 is 0.586 bits per heavy atom. The second-order valence-corrected chi connectivity index (χ2v) is 18.0. The average Bonchev–Trinajstić information content (AvgIpc) is 3.30. The number of carbonyl (C=O) groups is 4. The van der Waals surface area contributed by atoms with E-state index in [4.69, 9.17) is 28.7 Å². The zero-order valence-electron chi connectivity index (χ0n) is 38.1. The van der Waals surface area contributed by atoms with E-state index in [9.17, 15) is 80.5 Å². The number of hydrogen-bond acceptors (Lipinski definition) is 20. The Bertz CT molecular complexity index is 2860. The maximum Gasteiger partial charge on any atom is 0.339 e. The van der Waals surface area contributed by atoms with E-state index in [1.165, 1.54) is 65.8 Å². The molecule has 0 bridgehead atoms. The summed E-state index contributed by atoms with van der Waals surface area (Å²) in [7, 11) is 0. The van der Waals surface area contributed by atoms with Gasteiger partial charge in [0.1, 0.15) is 83.0 Å². The van der Waals surface area contributed by atoms with Gasteiger partial charge >= 0.3 is 11.9 Å². The van der Waals surface area contributed by atoms with Crippen LogP contribution in [0.3, 0.4) is 0 Å². The summed E-state index contributed by atoms with van der Waals surface area (Å²) in [6.07, 6.45) is -18.6. The zero-order chi connectivity index (χ0) is 51.4. The van der Waals surface area contributed by atoms with Crippen molar-refractivity contribution in [2.75, 3.05) is 13.2 Å². The van der Waals surface area contributed by atoms with E-state index in [0.717, 1.165) is 12.1 Å². The third kappa shape index (κ3) is 7.50. The fourth-order valence-corrected chi connectivity index (χ4v) is 9.86. The van der Waals surface area contributed by atoms with Gasteiger partial charge in [0.2, 0.25) is 6.29 Å². The van der Waals surface area contributed by atoms with Gasteiger partial charge in [-0.25, -0.2) is 19.4 Å². The first-order chi connectivity index (χ1) is 32.9. The number of fused-ring (bicyclic) bond motifs is 4. The van der Waals surface area contributed by atoms with Crippen molar-refractivity contribution in [2.45, 2.75) is 114 Å². The van der Waals surface area contributed by atoms with Gasteiger partial charge in [-0.15, -0.1) is 0 Å². The third-order valence-electron chi connectivity index (χ3n) is 13.8. The Kier molecular flexibility index (Phi) is 12.9. The second-order valence-electron chi connectivity index (χ2n) is 18.0. The minimum atomic E-state index is -2.15. The number of phenols is 3. The standard InChI is InChI=1S/C48H50O22/c1-15-7-9-19-31(33(15)52)36(55)27-17(3)29(43(61)62)23(51)11-21(27)47(19,5)69-70-48(6)20-10-8-16(2)34(53)32(20)37(56)28-18(4)30(44(63)64)24(12-22(28)48)65-45-41(60)39(58)42(26(14-50)67-45)68-46-40(59)38(57)35(54)25(13-49)66-46/h7-12,25-26,35,38-42,45-46,49-54,57-60H,13-14H2,1-6H3,(H,61,62)(H,63,64)/t25-,26+,35-,38-,39-,40-,41+,42-,45-,46+,47+,48+/m0/s1. The number of ketones is 2. The lowest BCUT2D eigenvalue weighted by Gasteiger charge is -2.46. The van der Waals surface area contributed by atoms with E-state index in [-0.39, 0.29) is 66.8 Å². The molecule has 4 aromatic rings. The van der Waals surface area contributed by atoms with Crippen molar-refractivity contribution in [1.29, 1.82) is 0 Å². The number of phenolic OH excluding ortho intramolecular Hbond substituents is 2. The molecule has 0 unspecified atom stereocenters. The van der Waals surface area contributed by atoms with Gasteiger partial charge in [-0.1, -0.05) is 24.3 Å². The minimum Gasteiger partial charge on any atom is -0.507 e. The zero-order valence-corrected chi connectivity index (χ0v) is 38.1. The van der Waals surface area contributed by atoms with Crippen LogP contribution in [0.5, 0.6) is 23.0 Å². The number of ether oxygens (including phenoxy) is 4. The van der Waals surface area contributed by atoms with Crippen LogP contribution in [0.1, 0.15) is 111 Å². The molecular weight excluding hydrogens is 929 g/mol. The SMILES string of the molecule is Cc1ccc2c(c1O)C(=O)c1c(cc(O)c(C(=O)O)c1C)[C@]2(C)OO[C@@]1(C)c2cc(O[C@H]3O[C@H](CO)[C@H](O[C@H]4O[C@@H](CO)[C@H](O)[C@H](O)[C@@H]4O)[C@@H](O)[C@H]3O)c(C(=O)O)c(C)c2C(=O)c2c1ccc(C)c2O. The van der Waals surface area contributed by atoms with Crippen LogP contribution in [-0.4, -0.2) is 159 Å². The van der Waals surface area contributed by atoms with Gasteiger partial charge in [0.25, 0.3) is 0 Å². The molecule has 2 fully saturated rings. The number of aromatic hydroxyl groups is 3. The predicted molar refractivity (Wildman–Crippen MR) is 233 cm³/mol. The summed E-state index contributed by atoms with van der Waals surface area (Å²) in [5.74, 6) is -7.24. The highest BCUT2D eigenvalue weighted by molar-refractivity contribution is 6.18. The number of hydrogen-bond donors (Lipinski definition) is 12. The maximum atomic E-state index is 14.7. The van der Waals surface area contributed by atoms with Crippen LogP contribution in [0.25, 0.3) is 0 Å². The van der Waals surface area contributed by atoms with E-state index in [1.807, 2.05) is 0 Å². The molecule has 4 aliphatic rings. The summed E-state index contributed by atoms with van der Waals surface area (Å²) in [6, 6.07) is 7.88. The van der Waals surface area contributed by atoms with Crippen molar-refractivity contribution in [2.24, 2.45) is 0 Å². The molecule has 0 spiro atoms. The summed E-state index contributed by atoms with van der Waals surface area (Å²) in [6.45, 7) is 6.55. The molecule has 0 amide bonds. The molecule has 2 saturated heterocycles. The van der Waals surface area contributed by atoms with E-state index in [0.29, 0.717) is 0 Å². The molecule has 8 rings (SSSR count). The summed E-state index contributed by atoms with van der Waals surface area (Å²) < 4.78 is 22.8. The topological polar surface area (TPSA) is 366 Å². The Morgan fingerprint density at radius 2 is 1.04 bits per heavy atom. The Balaban J connectivity index is 1.24. The quantitative estimate of drug-likeness (QED) is 0.0727. The van der Waals surface area contributed by atoms with Gasteiger partial charge in [-0.3, -0.25) is 9.59 Å². The van der Waals surface area contributed by atoms with Gasteiger partial charge in [0.15, 0.2) is 29.1 Å². The first-order valence-corrected chi connectivity index (χ1v) is 21.7. The molecule has 70 heavy (non-hydrogen) atoms. The van der Waals surface area contributed by atoms with Crippen molar-refractivity contribution >= 4 is 23.5 Å². The highest BCUT2D eigenvalue weighted by Gasteiger charge is 2.54. The van der Waals surface area contributed by atoms with Gasteiger partial charge < -0.3 is 80.2 Å². The monoisotopic (exact) mass is 978 g/mol. The maximum absolute atomic E-state index is 14.7. The van der Waals surface area contributed by atoms with Crippen LogP contribution in [0.2, 0.25) is 0 Å². The van der Waals surface area contributed by atoms with Crippen LogP contribution in [0, 0.1) is 27.7 Å². The lowest BCUT2D eigenvalue weighted by Crippen LogP contribution is -2.65. The summed E-state index contributed by atoms with van der Waals surface area (Å²) in [5, 5.41) is 129. The number of aromatic carboxylic acids is 2. The van der Waals surface area contributed by atoms with E-state index in [1.54, 1.807) is 0 Å². The molecule has 374 valence electrons. The molecule has 4 aromatic carbocycles. The Hall–Kier alpha value is -6.12. The van der Waals surface area contributed by atoms with Crippen molar-refractivity contribution in [3.05, 3.63) is 114 Å². The third-order valence-corrected chi connectivity index (χ3v) is 13.8. The molecule has 12 atom stereocenters. The largest absolute Gasteiger partial charge is 0.507 e. The lowest BCUT2D eigenvalue weighted by molar-refractivity contribution is -0.399. The molecule has 2 heterocycles. The Labute approximate surface area is 396 Å². The molecule has 22 heteroatoms. The molecule has 0 saturated carbocycles. The average molecular weight is 979 g/mol. The number of aliphatic hydroxyl groups is 7. The normalized spacial score (nSPS) is 30.2. The molecule has 2 aliphatic carbocycles. The molecule has 0 aromatic heterocycles. The van der Waals surface area contributed by atoms with Crippen LogP contribution in [0.15, 0.2) is 36.4 Å². The number of rotatable bonds is 11. The van der Waals surface area contributed by atoms with Crippen molar-refractivity contribution < 1.29 is 109 Å². The van der Waals surface area contributed by atoms with E-state index < -0.39 is 143 Å². The van der Waals surface area contributed by atoms with Crippen molar-refractivity contribution in [1.82, 2.24) is 0 Å². The highest BCUT2D eigenvalue weighted by Crippen LogP contribution is 2.53. The number of carboxylic acids is 2. The van der Waals surface area contributed by atoms with Crippen LogP contribution in [0.4, 0.5) is 0 Å². The van der Waals surface area contributed by atoms with E-state index >= 15 is 0 Å². The van der Waals surface area contributed by atoms with Crippen LogP contribution >= 0.6 is 0 Å². The summed E-state index contributed by atoms with van der Waals surface area (Å²) in [4.78, 5) is 67.4. The highest BCUT2D eigenvalue weighted by atomic mass is 17.2. The Morgan fingerprint density at radius 3 is 1.53 bits per heavy atom. The molecule has 12 N–H and O–H groups in total. The van der Waals surface area contributed by atoms with Gasteiger partial charge in [0, 0.05) is 33.4 Å². The first-order valence-electron chi connectivity index (χ1n) is 21.7. The van der Waals surface area contributed by atoms with Gasteiger partial charge in [0.05, 0.1) is 24.3 Å². The fraction of sp³-hybridized carbons (Fsp3) is 0.417. The summed E-state index contributed by atoms with van der Waals surface area (Å²) in [5.41, 5.74) is -6.91. The van der Waals surface area contributed by atoms with Crippen LogP contribution in [-0.2, 0) is 35.2 Å². The minimum absolute atomic E-state index is 0.00616. The number of aliphatic hydroxyl groups excluding tert-OH is 7. The van der Waals surface area contributed by atoms with Gasteiger partial charge in [-0.2, -0.15) is 0 Å². The number of carbonyl (C=O) groups excluding carboxylic acids is 2.